The molecule has 0 saturated carbocycles. The van der Waals surface area contributed by atoms with Crippen molar-refractivity contribution in [3.63, 3.8) is 0 Å². The second kappa shape index (κ2) is 5.84. The van der Waals surface area contributed by atoms with E-state index in [1.807, 2.05) is 31.2 Å². The van der Waals surface area contributed by atoms with Crippen molar-refractivity contribution in [3.8, 4) is 0 Å². The average molecular weight is 250 g/mol. The number of carbonyl (C=O) groups is 1. The molecule has 0 bridgehead atoms. The van der Waals surface area contributed by atoms with Crippen LogP contribution in [0.2, 0.25) is 0 Å². The molecule has 5 nitrogen and oxygen atoms in total. The summed E-state index contributed by atoms with van der Waals surface area (Å²) in [6.07, 6.45) is -0.275. The highest BCUT2D eigenvalue weighted by Gasteiger charge is 2.23. The number of ether oxygens (including phenoxy) is 1. The van der Waals surface area contributed by atoms with Crippen LogP contribution in [0.15, 0.2) is 24.3 Å². The summed E-state index contributed by atoms with van der Waals surface area (Å²) in [6.45, 7) is 3.38. The Kier molecular flexibility index (Phi) is 4.17. The summed E-state index contributed by atoms with van der Waals surface area (Å²) < 4.78 is 5.30. The monoisotopic (exact) mass is 250 g/mol. The minimum absolute atomic E-state index is 0.0612. The smallest absolute Gasteiger partial charge is 0.322 e. The molecule has 0 spiro atoms. The van der Waals surface area contributed by atoms with Gasteiger partial charge in [0.05, 0.1) is 25.9 Å². The zero-order valence-corrected chi connectivity index (χ0v) is 10.4. The molecule has 0 aliphatic carbocycles. The molecule has 18 heavy (non-hydrogen) atoms. The van der Waals surface area contributed by atoms with Crippen LogP contribution in [-0.4, -0.2) is 48.4 Å². The lowest BCUT2D eigenvalue weighted by atomic mass is 10.2. The highest BCUT2D eigenvalue weighted by atomic mass is 16.5. The lowest BCUT2D eigenvalue weighted by molar-refractivity contribution is -0.0388. The second-order valence-corrected chi connectivity index (χ2v) is 4.42. The third-order valence-corrected chi connectivity index (χ3v) is 2.93. The zero-order chi connectivity index (χ0) is 13.0. The number of morpholine rings is 1. The van der Waals surface area contributed by atoms with E-state index in [4.69, 9.17) is 9.84 Å². The number of carbonyl (C=O) groups excluding carboxylic acids is 1. The van der Waals surface area contributed by atoms with Gasteiger partial charge in [0.2, 0.25) is 0 Å². The first-order valence-corrected chi connectivity index (χ1v) is 6.04. The molecule has 1 aromatic rings. The maximum Gasteiger partial charge on any atom is 0.322 e. The lowest BCUT2D eigenvalue weighted by Gasteiger charge is -2.32. The minimum atomic E-state index is -0.275. The van der Waals surface area contributed by atoms with Crippen molar-refractivity contribution in [2.45, 2.75) is 13.0 Å². The number of hydrogen-bond donors (Lipinski definition) is 2. The predicted octanol–water partition coefficient (Wildman–Crippen LogP) is 1.22. The molecule has 1 aromatic carbocycles. The predicted molar refractivity (Wildman–Crippen MR) is 68.6 cm³/mol. The normalized spacial score (nSPS) is 19.7. The number of aliphatic hydroxyl groups excluding tert-OH is 1. The van der Waals surface area contributed by atoms with E-state index in [2.05, 4.69) is 5.32 Å². The van der Waals surface area contributed by atoms with Crippen molar-refractivity contribution in [2.75, 3.05) is 31.6 Å². The minimum Gasteiger partial charge on any atom is -0.394 e. The number of nitrogens with zero attached hydrogens (tertiary/aromatic N) is 1. The summed E-state index contributed by atoms with van der Waals surface area (Å²) >= 11 is 0. The van der Waals surface area contributed by atoms with Crippen LogP contribution in [0.1, 0.15) is 5.56 Å². The molecule has 0 unspecified atom stereocenters. The van der Waals surface area contributed by atoms with Gasteiger partial charge < -0.3 is 20.1 Å². The van der Waals surface area contributed by atoms with E-state index >= 15 is 0 Å². The molecule has 2 amide bonds. The highest BCUT2D eigenvalue weighted by molar-refractivity contribution is 5.89. The number of aliphatic hydroxyl groups is 1. The quantitative estimate of drug-likeness (QED) is 0.829. The Hall–Kier alpha value is -1.59. The van der Waals surface area contributed by atoms with Crippen molar-refractivity contribution in [2.24, 2.45) is 0 Å². The van der Waals surface area contributed by atoms with Gasteiger partial charge in [0.1, 0.15) is 0 Å². The molecule has 0 radical (unpaired) electrons. The van der Waals surface area contributed by atoms with E-state index in [1.54, 1.807) is 4.90 Å². The van der Waals surface area contributed by atoms with Gasteiger partial charge >= 0.3 is 6.03 Å². The van der Waals surface area contributed by atoms with E-state index in [-0.39, 0.29) is 18.7 Å². The van der Waals surface area contributed by atoms with Gasteiger partial charge in [-0.3, -0.25) is 0 Å². The van der Waals surface area contributed by atoms with Gasteiger partial charge in [0.25, 0.3) is 0 Å². The Bertz CT molecular complexity index is 405. The number of nitrogens with one attached hydrogen (secondary N) is 1. The Morgan fingerprint density at radius 1 is 1.50 bits per heavy atom. The summed E-state index contributed by atoms with van der Waals surface area (Å²) in [5.41, 5.74) is 1.93. The molecule has 5 heteroatoms. The van der Waals surface area contributed by atoms with E-state index < -0.39 is 0 Å². The second-order valence-electron chi connectivity index (χ2n) is 4.42. The average Bonchev–Trinajstić information content (AvgIpc) is 2.41. The molecule has 1 saturated heterocycles. The van der Waals surface area contributed by atoms with E-state index in [9.17, 15) is 4.79 Å². The molecule has 1 aliphatic rings. The fourth-order valence-corrected chi connectivity index (χ4v) is 1.85. The Labute approximate surface area is 106 Å². The molecular weight excluding hydrogens is 232 g/mol. The highest BCUT2D eigenvalue weighted by Crippen LogP contribution is 2.11. The third kappa shape index (κ3) is 3.21. The van der Waals surface area contributed by atoms with Gasteiger partial charge in [0.15, 0.2) is 0 Å². The van der Waals surface area contributed by atoms with Crippen LogP contribution >= 0.6 is 0 Å². The van der Waals surface area contributed by atoms with Gasteiger partial charge in [-0.2, -0.15) is 0 Å². The largest absolute Gasteiger partial charge is 0.394 e. The zero-order valence-electron chi connectivity index (χ0n) is 10.4. The summed E-state index contributed by atoms with van der Waals surface area (Å²) in [5, 5.41) is 11.9. The first-order chi connectivity index (χ1) is 8.69. The number of anilines is 1. The fourth-order valence-electron chi connectivity index (χ4n) is 1.85. The molecule has 98 valence electrons. The van der Waals surface area contributed by atoms with Crippen molar-refractivity contribution < 1.29 is 14.6 Å². The third-order valence-electron chi connectivity index (χ3n) is 2.93. The molecule has 1 heterocycles. The first-order valence-electron chi connectivity index (χ1n) is 6.04. The van der Waals surface area contributed by atoms with Gasteiger partial charge in [-0.05, 0) is 19.1 Å². The van der Waals surface area contributed by atoms with Crippen molar-refractivity contribution >= 4 is 11.7 Å². The topological polar surface area (TPSA) is 61.8 Å². The van der Waals surface area contributed by atoms with Crippen LogP contribution in [0, 0.1) is 6.92 Å². The lowest BCUT2D eigenvalue weighted by Crippen LogP contribution is -2.48. The summed E-state index contributed by atoms with van der Waals surface area (Å²) in [7, 11) is 0. The Balaban J connectivity index is 1.93. The molecule has 1 atom stereocenters. The molecule has 2 N–H and O–H groups in total. The summed E-state index contributed by atoms with van der Waals surface area (Å²) in [5.74, 6) is 0. The number of benzene rings is 1. The number of amides is 2. The molecule has 1 aliphatic heterocycles. The number of hydrogen-bond acceptors (Lipinski definition) is 3. The summed E-state index contributed by atoms with van der Waals surface area (Å²) in [4.78, 5) is 13.6. The number of aryl methyl sites for hydroxylation is 1. The first kappa shape index (κ1) is 12.9. The van der Waals surface area contributed by atoms with Crippen LogP contribution in [0.5, 0.6) is 0 Å². The van der Waals surface area contributed by atoms with Crippen LogP contribution < -0.4 is 5.32 Å². The Morgan fingerprint density at radius 3 is 2.89 bits per heavy atom. The number of urea groups is 1. The molecular formula is C13H18N2O3. The van der Waals surface area contributed by atoms with Crippen molar-refractivity contribution in [1.82, 2.24) is 4.90 Å². The fraction of sp³-hybridized carbons (Fsp3) is 0.462. The van der Waals surface area contributed by atoms with Crippen LogP contribution in [0.4, 0.5) is 10.5 Å². The number of rotatable bonds is 2. The van der Waals surface area contributed by atoms with Gasteiger partial charge in [-0.1, -0.05) is 17.7 Å². The molecule has 0 aromatic heterocycles. The maximum atomic E-state index is 12.0. The van der Waals surface area contributed by atoms with Crippen LogP contribution in [0.3, 0.4) is 0 Å². The standard InChI is InChI=1S/C13H18N2O3/c1-10-2-4-11(5-3-10)14-13(17)15-6-7-18-12(8-15)9-16/h2-5,12,16H,6-9H2,1H3,(H,14,17)/t12-/m0/s1. The van der Waals surface area contributed by atoms with Crippen molar-refractivity contribution in [1.29, 1.82) is 0 Å². The van der Waals surface area contributed by atoms with Crippen LogP contribution in [-0.2, 0) is 4.74 Å². The SMILES string of the molecule is Cc1ccc(NC(=O)N2CCO[C@H](CO)C2)cc1. The van der Waals surface area contributed by atoms with Gasteiger partial charge in [-0.15, -0.1) is 0 Å². The van der Waals surface area contributed by atoms with Gasteiger partial charge in [0, 0.05) is 12.2 Å². The molecule has 1 fully saturated rings. The Morgan fingerprint density at radius 2 is 2.22 bits per heavy atom. The van der Waals surface area contributed by atoms with Crippen molar-refractivity contribution in [3.05, 3.63) is 29.8 Å². The van der Waals surface area contributed by atoms with E-state index in [0.29, 0.717) is 19.7 Å². The molecule has 2 rings (SSSR count). The maximum absolute atomic E-state index is 12.0. The van der Waals surface area contributed by atoms with E-state index in [0.717, 1.165) is 11.3 Å². The van der Waals surface area contributed by atoms with E-state index in [1.165, 1.54) is 0 Å². The summed E-state index contributed by atoms with van der Waals surface area (Å²) in [6, 6.07) is 7.49. The van der Waals surface area contributed by atoms with Gasteiger partial charge in [-0.25, -0.2) is 4.79 Å². The van der Waals surface area contributed by atoms with Crippen LogP contribution in [0.25, 0.3) is 0 Å².